The van der Waals surface area contributed by atoms with E-state index < -0.39 is 0 Å². The highest BCUT2D eigenvalue weighted by Crippen LogP contribution is 2.33. The fourth-order valence-electron chi connectivity index (χ4n) is 4.17. The fraction of sp³-hybridized carbons (Fsp3) is 0.522. The second-order valence-electron chi connectivity index (χ2n) is 8.14. The number of amides is 2. The number of ether oxygens (including phenoxy) is 2. The van der Waals surface area contributed by atoms with Crippen LogP contribution in [0.4, 0.5) is 0 Å². The standard InChI is InChI=1S/C23H30N4O4S/c1-30-19-6-5-17(13-20(19)31-2)23-24-18(16-32-23)14-21(28)27-11-9-25(10-12-27)15-22(29)26-7-3-4-8-26/h5-6,13,16H,3-4,7-12,14-15H2,1-2H3. The van der Waals surface area contributed by atoms with Crippen molar-refractivity contribution in [3.63, 3.8) is 0 Å². The molecule has 2 aliphatic rings. The molecule has 2 amide bonds. The largest absolute Gasteiger partial charge is 0.493 e. The van der Waals surface area contributed by atoms with Crippen LogP contribution in [0.15, 0.2) is 23.6 Å². The van der Waals surface area contributed by atoms with Gasteiger partial charge in [0.2, 0.25) is 11.8 Å². The lowest BCUT2D eigenvalue weighted by Gasteiger charge is -2.35. The third-order valence-electron chi connectivity index (χ3n) is 6.06. The lowest BCUT2D eigenvalue weighted by molar-refractivity contribution is -0.134. The Morgan fingerprint density at radius 2 is 1.62 bits per heavy atom. The van der Waals surface area contributed by atoms with Crippen molar-refractivity contribution in [3.8, 4) is 22.1 Å². The molecule has 8 nitrogen and oxygen atoms in total. The summed E-state index contributed by atoms with van der Waals surface area (Å²) in [6.45, 7) is 5.01. The summed E-state index contributed by atoms with van der Waals surface area (Å²) in [4.78, 5) is 35.8. The summed E-state index contributed by atoms with van der Waals surface area (Å²) in [5.41, 5.74) is 1.71. The Morgan fingerprint density at radius 3 is 2.31 bits per heavy atom. The molecule has 172 valence electrons. The zero-order chi connectivity index (χ0) is 22.5. The van der Waals surface area contributed by atoms with Gasteiger partial charge in [0.05, 0.1) is 32.9 Å². The van der Waals surface area contributed by atoms with E-state index in [-0.39, 0.29) is 18.2 Å². The van der Waals surface area contributed by atoms with Crippen LogP contribution in [0.5, 0.6) is 11.5 Å². The molecule has 2 fully saturated rings. The minimum atomic E-state index is 0.0830. The maximum Gasteiger partial charge on any atom is 0.236 e. The Balaban J connectivity index is 1.29. The second-order valence-corrected chi connectivity index (χ2v) is 8.99. The fourth-order valence-corrected chi connectivity index (χ4v) is 4.99. The van der Waals surface area contributed by atoms with Crippen molar-refractivity contribution >= 4 is 23.2 Å². The molecule has 0 N–H and O–H groups in total. The van der Waals surface area contributed by atoms with Gasteiger partial charge in [-0.15, -0.1) is 11.3 Å². The molecule has 0 bridgehead atoms. The van der Waals surface area contributed by atoms with E-state index in [0.29, 0.717) is 31.1 Å². The molecular formula is C23H30N4O4S. The maximum atomic E-state index is 12.8. The second kappa shape index (κ2) is 10.3. The van der Waals surface area contributed by atoms with Crippen molar-refractivity contribution in [2.24, 2.45) is 0 Å². The van der Waals surface area contributed by atoms with Gasteiger partial charge in [0.25, 0.3) is 0 Å². The predicted octanol–water partition coefficient (Wildman–Crippen LogP) is 2.14. The van der Waals surface area contributed by atoms with E-state index in [2.05, 4.69) is 9.88 Å². The zero-order valence-electron chi connectivity index (χ0n) is 18.7. The lowest BCUT2D eigenvalue weighted by Crippen LogP contribution is -2.51. The summed E-state index contributed by atoms with van der Waals surface area (Å²) in [6, 6.07) is 5.69. The van der Waals surface area contributed by atoms with Gasteiger partial charge >= 0.3 is 0 Å². The molecule has 1 aromatic carbocycles. The molecule has 0 spiro atoms. The summed E-state index contributed by atoms with van der Waals surface area (Å²) in [7, 11) is 3.21. The van der Waals surface area contributed by atoms with E-state index in [1.807, 2.05) is 33.4 Å². The first-order valence-corrected chi connectivity index (χ1v) is 11.9. The van der Waals surface area contributed by atoms with E-state index >= 15 is 0 Å². The summed E-state index contributed by atoms with van der Waals surface area (Å²) in [6.07, 6.45) is 2.51. The quantitative estimate of drug-likeness (QED) is 0.633. The third kappa shape index (κ3) is 5.21. The number of benzene rings is 1. The minimum Gasteiger partial charge on any atom is -0.493 e. The van der Waals surface area contributed by atoms with Crippen molar-refractivity contribution in [1.29, 1.82) is 0 Å². The molecule has 1 aromatic heterocycles. The molecule has 0 atom stereocenters. The Labute approximate surface area is 192 Å². The predicted molar refractivity (Wildman–Crippen MR) is 123 cm³/mol. The highest BCUT2D eigenvalue weighted by Gasteiger charge is 2.25. The van der Waals surface area contributed by atoms with Gasteiger partial charge < -0.3 is 19.3 Å². The van der Waals surface area contributed by atoms with Crippen LogP contribution >= 0.6 is 11.3 Å². The van der Waals surface area contributed by atoms with E-state index in [0.717, 1.165) is 55.3 Å². The van der Waals surface area contributed by atoms with Crippen LogP contribution in [0.1, 0.15) is 18.5 Å². The smallest absolute Gasteiger partial charge is 0.236 e. The number of aromatic nitrogens is 1. The van der Waals surface area contributed by atoms with Crippen LogP contribution < -0.4 is 9.47 Å². The number of nitrogens with zero attached hydrogens (tertiary/aromatic N) is 4. The molecule has 32 heavy (non-hydrogen) atoms. The van der Waals surface area contributed by atoms with Crippen LogP contribution in [0.25, 0.3) is 10.6 Å². The van der Waals surface area contributed by atoms with Crippen molar-refractivity contribution in [2.75, 3.05) is 60.0 Å². The first-order valence-electron chi connectivity index (χ1n) is 11.0. The van der Waals surface area contributed by atoms with Crippen LogP contribution in [0, 0.1) is 0 Å². The highest BCUT2D eigenvalue weighted by molar-refractivity contribution is 7.13. The van der Waals surface area contributed by atoms with Gasteiger partial charge in [-0.2, -0.15) is 0 Å². The molecule has 2 aliphatic heterocycles. The topological polar surface area (TPSA) is 75.2 Å². The first kappa shape index (κ1) is 22.5. The molecule has 2 saturated heterocycles. The molecule has 0 aliphatic carbocycles. The molecule has 0 saturated carbocycles. The number of carbonyl (C=O) groups excluding carboxylic acids is 2. The van der Waals surface area contributed by atoms with Crippen LogP contribution in [0.2, 0.25) is 0 Å². The average Bonchev–Trinajstić information content (AvgIpc) is 3.51. The number of hydrogen-bond acceptors (Lipinski definition) is 7. The van der Waals surface area contributed by atoms with E-state index in [9.17, 15) is 9.59 Å². The molecule has 0 unspecified atom stereocenters. The van der Waals surface area contributed by atoms with Gasteiger partial charge in [0.15, 0.2) is 11.5 Å². The summed E-state index contributed by atoms with van der Waals surface area (Å²) in [5.74, 6) is 1.62. The molecule has 3 heterocycles. The maximum absolute atomic E-state index is 12.8. The minimum absolute atomic E-state index is 0.0830. The molecular weight excluding hydrogens is 428 g/mol. The summed E-state index contributed by atoms with van der Waals surface area (Å²) < 4.78 is 10.7. The van der Waals surface area contributed by atoms with Gasteiger partial charge in [-0.25, -0.2) is 4.98 Å². The molecule has 0 radical (unpaired) electrons. The average molecular weight is 459 g/mol. The highest BCUT2D eigenvalue weighted by atomic mass is 32.1. The van der Waals surface area contributed by atoms with Gasteiger partial charge in [0.1, 0.15) is 5.01 Å². The number of rotatable bonds is 7. The third-order valence-corrected chi connectivity index (χ3v) is 7.00. The number of piperazine rings is 1. The monoisotopic (exact) mass is 458 g/mol. The van der Waals surface area contributed by atoms with Crippen LogP contribution in [-0.2, 0) is 16.0 Å². The number of methoxy groups -OCH3 is 2. The van der Waals surface area contributed by atoms with Crippen molar-refractivity contribution in [1.82, 2.24) is 19.7 Å². The number of hydrogen-bond donors (Lipinski definition) is 0. The SMILES string of the molecule is COc1ccc(-c2nc(CC(=O)N3CCN(CC(=O)N4CCCC4)CC3)cs2)cc1OC. The first-order chi connectivity index (χ1) is 15.6. The van der Waals surface area contributed by atoms with Crippen molar-refractivity contribution in [3.05, 3.63) is 29.3 Å². The number of thiazole rings is 1. The Hall–Kier alpha value is -2.65. The van der Waals surface area contributed by atoms with Gasteiger partial charge in [-0.05, 0) is 31.0 Å². The number of carbonyl (C=O) groups is 2. The number of likely N-dealkylation sites (tertiary alicyclic amines) is 1. The van der Waals surface area contributed by atoms with Gasteiger partial charge in [0, 0.05) is 50.2 Å². The molecule has 2 aromatic rings. The summed E-state index contributed by atoms with van der Waals surface area (Å²) >= 11 is 1.51. The lowest BCUT2D eigenvalue weighted by atomic mass is 10.2. The normalized spacial score (nSPS) is 16.9. The van der Waals surface area contributed by atoms with E-state index in [1.54, 1.807) is 14.2 Å². The Kier molecular flexibility index (Phi) is 7.26. The van der Waals surface area contributed by atoms with Crippen molar-refractivity contribution in [2.45, 2.75) is 19.3 Å². The van der Waals surface area contributed by atoms with Gasteiger partial charge in [-0.1, -0.05) is 0 Å². The zero-order valence-corrected chi connectivity index (χ0v) is 19.5. The van der Waals surface area contributed by atoms with Crippen LogP contribution in [0.3, 0.4) is 0 Å². The Bertz CT molecular complexity index is 949. The van der Waals surface area contributed by atoms with E-state index in [4.69, 9.17) is 9.47 Å². The van der Waals surface area contributed by atoms with Crippen LogP contribution in [-0.4, -0.2) is 91.5 Å². The van der Waals surface area contributed by atoms with Crippen molar-refractivity contribution < 1.29 is 19.1 Å². The van der Waals surface area contributed by atoms with E-state index in [1.165, 1.54) is 11.3 Å². The molecule has 4 rings (SSSR count). The molecule has 9 heteroatoms. The van der Waals surface area contributed by atoms with Gasteiger partial charge in [-0.3, -0.25) is 14.5 Å². The Morgan fingerprint density at radius 1 is 0.938 bits per heavy atom. The summed E-state index contributed by atoms with van der Waals surface area (Å²) in [5, 5.41) is 2.79.